The van der Waals surface area contributed by atoms with Gasteiger partial charge in [0.15, 0.2) is 5.75 Å². The number of aryl methyl sites for hydroxylation is 1. The molecule has 1 heterocycles. The van der Waals surface area contributed by atoms with Crippen LogP contribution in [0.2, 0.25) is 0 Å². The van der Waals surface area contributed by atoms with Gasteiger partial charge in [0.05, 0.1) is 10.2 Å². The maximum absolute atomic E-state index is 11.9. The van der Waals surface area contributed by atoms with Crippen LogP contribution >= 0.6 is 15.9 Å². The lowest BCUT2D eigenvalue weighted by molar-refractivity contribution is -0.275. The summed E-state index contributed by atoms with van der Waals surface area (Å²) in [7, 11) is 0. The zero-order chi connectivity index (χ0) is 10.9. The van der Waals surface area contributed by atoms with Gasteiger partial charge in [-0.2, -0.15) is 0 Å². The predicted molar refractivity (Wildman–Crippen MR) is 47.8 cm³/mol. The van der Waals surface area contributed by atoms with Crippen molar-refractivity contribution in [2.24, 2.45) is 0 Å². The van der Waals surface area contributed by atoms with Crippen molar-refractivity contribution in [3.8, 4) is 5.75 Å². The fraction of sp³-hybridized carbons (Fsp3) is 0.286. The van der Waals surface area contributed by atoms with Crippen molar-refractivity contribution in [2.45, 2.75) is 13.3 Å². The van der Waals surface area contributed by atoms with Crippen LogP contribution in [-0.2, 0) is 0 Å². The molecular weight excluding hydrogens is 265 g/mol. The zero-order valence-corrected chi connectivity index (χ0v) is 8.61. The fourth-order valence-corrected chi connectivity index (χ4v) is 1.11. The van der Waals surface area contributed by atoms with Gasteiger partial charge in [-0.25, -0.2) is 4.98 Å². The Kier molecular flexibility index (Phi) is 2.89. The molecular formula is C7H6BrF3N2O. The van der Waals surface area contributed by atoms with Crippen LogP contribution in [-0.4, -0.2) is 11.3 Å². The molecule has 7 heteroatoms. The number of ether oxygens (including phenoxy) is 1. The number of nitrogens with zero attached hydrogens (tertiary/aromatic N) is 1. The zero-order valence-electron chi connectivity index (χ0n) is 7.02. The van der Waals surface area contributed by atoms with E-state index < -0.39 is 6.36 Å². The molecule has 78 valence electrons. The van der Waals surface area contributed by atoms with Crippen molar-refractivity contribution in [3.05, 3.63) is 16.2 Å². The average molecular weight is 271 g/mol. The molecule has 0 bridgehead atoms. The highest BCUT2D eigenvalue weighted by atomic mass is 79.9. The van der Waals surface area contributed by atoms with Gasteiger partial charge < -0.3 is 10.5 Å². The van der Waals surface area contributed by atoms with Crippen LogP contribution in [0.4, 0.5) is 19.0 Å². The van der Waals surface area contributed by atoms with Crippen LogP contribution in [0, 0.1) is 6.92 Å². The molecule has 0 aliphatic carbocycles. The number of aromatic nitrogens is 1. The maximum atomic E-state index is 11.9. The topological polar surface area (TPSA) is 48.1 Å². The molecule has 0 spiro atoms. The second-order valence-electron chi connectivity index (χ2n) is 2.49. The molecule has 3 nitrogen and oxygen atoms in total. The fourth-order valence-electron chi connectivity index (χ4n) is 0.811. The van der Waals surface area contributed by atoms with E-state index in [1.54, 1.807) is 0 Å². The van der Waals surface area contributed by atoms with Gasteiger partial charge in [0, 0.05) is 6.07 Å². The van der Waals surface area contributed by atoms with Crippen LogP contribution in [0.25, 0.3) is 0 Å². The monoisotopic (exact) mass is 270 g/mol. The van der Waals surface area contributed by atoms with Crippen molar-refractivity contribution in [1.82, 2.24) is 4.98 Å². The quantitative estimate of drug-likeness (QED) is 0.854. The SMILES string of the molecule is Cc1nc(N)c(Br)cc1OC(F)(F)F. The third kappa shape index (κ3) is 2.76. The molecule has 0 amide bonds. The Balaban J connectivity index is 3.04. The van der Waals surface area contributed by atoms with Gasteiger partial charge in [-0.15, -0.1) is 13.2 Å². The smallest absolute Gasteiger partial charge is 0.404 e. The van der Waals surface area contributed by atoms with E-state index >= 15 is 0 Å². The van der Waals surface area contributed by atoms with Crippen LogP contribution in [0.3, 0.4) is 0 Å². The van der Waals surface area contributed by atoms with Crippen LogP contribution in [0.1, 0.15) is 5.69 Å². The van der Waals surface area contributed by atoms with Crippen molar-refractivity contribution in [1.29, 1.82) is 0 Å². The highest BCUT2D eigenvalue weighted by Gasteiger charge is 2.32. The molecule has 1 aromatic rings. The third-order valence-electron chi connectivity index (χ3n) is 1.37. The first-order valence-corrected chi connectivity index (χ1v) is 4.27. The molecule has 1 aromatic heterocycles. The number of hydrogen-bond donors (Lipinski definition) is 1. The summed E-state index contributed by atoms with van der Waals surface area (Å²) in [5, 5.41) is 0. The maximum Gasteiger partial charge on any atom is 0.573 e. The second kappa shape index (κ2) is 3.64. The van der Waals surface area contributed by atoms with Gasteiger partial charge in [-0.1, -0.05) is 0 Å². The lowest BCUT2D eigenvalue weighted by Gasteiger charge is -2.11. The summed E-state index contributed by atoms with van der Waals surface area (Å²) in [5.41, 5.74) is 5.44. The summed E-state index contributed by atoms with van der Waals surface area (Å²) < 4.78 is 39.6. The summed E-state index contributed by atoms with van der Waals surface area (Å²) in [5.74, 6) is -0.240. The van der Waals surface area contributed by atoms with Crippen molar-refractivity contribution >= 4 is 21.7 Å². The molecule has 0 aliphatic heterocycles. The minimum Gasteiger partial charge on any atom is -0.404 e. The first-order valence-electron chi connectivity index (χ1n) is 3.48. The Morgan fingerprint density at radius 1 is 1.50 bits per heavy atom. The Bertz CT molecular complexity index is 354. The van der Waals surface area contributed by atoms with E-state index in [1.807, 2.05) is 0 Å². The summed E-state index contributed by atoms with van der Waals surface area (Å²) in [6, 6.07) is 1.13. The lowest BCUT2D eigenvalue weighted by Crippen LogP contribution is -2.18. The molecule has 1 rings (SSSR count). The summed E-state index contributed by atoms with van der Waals surface area (Å²) in [4.78, 5) is 3.66. The normalized spacial score (nSPS) is 11.5. The van der Waals surface area contributed by atoms with Gasteiger partial charge in [0.1, 0.15) is 5.82 Å². The molecule has 0 atom stereocenters. The predicted octanol–water partition coefficient (Wildman–Crippen LogP) is 2.63. The summed E-state index contributed by atoms with van der Waals surface area (Å²) in [6.45, 7) is 1.38. The highest BCUT2D eigenvalue weighted by molar-refractivity contribution is 9.10. The molecule has 0 aliphatic rings. The van der Waals surface area contributed by atoms with E-state index in [0.29, 0.717) is 0 Å². The van der Waals surface area contributed by atoms with Crippen LogP contribution in [0.5, 0.6) is 5.75 Å². The number of halogens is 4. The second-order valence-corrected chi connectivity index (χ2v) is 3.34. The number of rotatable bonds is 1. The lowest BCUT2D eigenvalue weighted by atomic mass is 10.3. The van der Waals surface area contributed by atoms with Gasteiger partial charge in [-0.05, 0) is 22.9 Å². The molecule has 0 unspecified atom stereocenters. The number of pyridine rings is 1. The molecule has 0 saturated heterocycles. The van der Waals surface area contributed by atoms with E-state index in [1.165, 1.54) is 6.92 Å². The molecule has 0 saturated carbocycles. The van der Waals surface area contributed by atoms with Gasteiger partial charge >= 0.3 is 6.36 Å². The minimum atomic E-state index is -4.72. The van der Waals surface area contributed by atoms with E-state index in [4.69, 9.17) is 5.73 Å². The Hall–Kier alpha value is -0.980. The van der Waals surface area contributed by atoms with E-state index in [9.17, 15) is 13.2 Å². The summed E-state index contributed by atoms with van der Waals surface area (Å²) in [6.07, 6.45) is -4.72. The van der Waals surface area contributed by atoms with Crippen LogP contribution in [0.15, 0.2) is 10.5 Å². The number of anilines is 1. The Morgan fingerprint density at radius 3 is 2.57 bits per heavy atom. The van der Waals surface area contributed by atoms with Crippen molar-refractivity contribution in [3.63, 3.8) is 0 Å². The van der Waals surface area contributed by atoms with Gasteiger partial charge in [0.2, 0.25) is 0 Å². The first kappa shape index (κ1) is 11.1. The Morgan fingerprint density at radius 2 is 2.07 bits per heavy atom. The average Bonchev–Trinajstić information content (AvgIpc) is 1.97. The van der Waals surface area contributed by atoms with Crippen molar-refractivity contribution < 1.29 is 17.9 Å². The van der Waals surface area contributed by atoms with Crippen LogP contribution < -0.4 is 10.5 Å². The molecule has 0 aromatic carbocycles. The number of nitrogens with two attached hydrogens (primary N) is 1. The molecule has 0 radical (unpaired) electrons. The number of hydrogen-bond acceptors (Lipinski definition) is 3. The van der Waals surface area contributed by atoms with Gasteiger partial charge in [0.25, 0.3) is 0 Å². The van der Waals surface area contributed by atoms with E-state index in [2.05, 4.69) is 25.7 Å². The number of alkyl halides is 3. The number of nitrogen functional groups attached to an aromatic ring is 1. The molecule has 14 heavy (non-hydrogen) atoms. The van der Waals surface area contributed by atoms with Crippen molar-refractivity contribution in [2.75, 3.05) is 5.73 Å². The van der Waals surface area contributed by atoms with E-state index in [0.717, 1.165) is 6.07 Å². The summed E-state index contributed by atoms with van der Waals surface area (Å²) >= 11 is 2.95. The van der Waals surface area contributed by atoms with Gasteiger partial charge in [-0.3, -0.25) is 0 Å². The van der Waals surface area contributed by atoms with E-state index in [-0.39, 0.29) is 21.7 Å². The molecule has 2 N–H and O–H groups in total. The first-order chi connectivity index (χ1) is 6.29. The highest BCUT2D eigenvalue weighted by Crippen LogP contribution is 2.30. The minimum absolute atomic E-state index is 0.0861. The third-order valence-corrected chi connectivity index (χ3v) is 2.01. The Labute approximate surface area is 86.2 Å². The standard InChI is InChI=1S/C7H6BrF3N2O/c1-3-5(14-7(9,10)11)2-4(8)6(12)13-3/h2H,1H3,(H2,12,13). The largest absolute Gasteiger partial charge is 0.573 e. The molecule has 0 fully saturated rings.